The molecule has 596 valence electrons. The summed E-state index contributed by atoms with van der Waals surface area (Å²) < 4.78 is 123. The molecule has 11 saturated heterocycles. The maximum Gasteiger partial charge on any atom is 0.335 e. The molecular formula is C56H90O47. The average molecular weight is 1520 g/mol. The van der Waals surface area contributed by atoms with Gasteiger partial charge in [-0.3, -0.25) is 0 Å². The first-order chi connectivity index (χ1) is 49.0. The van der Waals surface area contributed by atoms with E-state index in [1.165, 1.54) is 0 Å². The summed E-state index contributed by atoms with van der Waals surface area (Å²) in [6.45, 7) is -8.46. The van der Waals surface area contributed by atoms with Crippen LogP contribution >= 0.6 is 0 Å². The standard InChI is InChI=1S/C56H90O47/c57-1-12-22(64)31(73)49(88-12)97-38-18(8-83-46(82)36(38)78)96-55-44(103-52-34(76)25(67)15(4-60)91-52)40(99-50-32(74)23(65)13(2-58)89-50)20(10-87-55)95-48-37(79)39(98-56-43(27(69)16(5-61)92-56)102-51-33(75)24(66)14(3-59)90-51)19(9-86-48)94-47-30(72)26(68)17(7-85-47)93-54-42(21(63)11(62)6-84-54)101-53-35(77)28(70)29(71)41(100-53)45(80)81/h11-44,46-79,82H,1-10H2,(H,80,81)/t11-,12-,13-,14-,15-,16-,17-,18-,19-,20-,21+,22-,23-,24-,25-,26+,27-,28+,29+,30-,31+,32+,33+,34+,35-,36-,37-,38+,39+,40+,41+,42-,43+,44-,46-,47+,48+,49-,50-,51-,52-,53-,54+,55+,56-/m1/s1. The Bertz CT molecular complexity index is 2650. The van der Waals surface area contributed by atoms with E-state index in [0.717, 1.165) is 0 Å². The highest BCUT2D eigenvalue weighted by Gasteiger charge is 2.61. The van der Waals surface area contributed by atoms with Crippen LogP contribution in [0.5, 0.6) is 0 Å². The van der Waals surface area contributed by atoms with Crippen molar-refractivity contribution < 1.29 is 232 Å². The predicted octanol–water partition coefficient (Wildman–Crippen LogP) is -18.5. The second kappa shape index (κ2) is 34.9. The van der Waals surface area contributed by atoms with Crippen molar-refractivity contribution in [2.75, 3.05) is 66.1 Å². The number of rotatable bonds is 26. The summed E-state index contributed by atoms with van der Waals surface area (Å²) in [6, 6.07) is 0. The van der Waals surface area contributed by atoms with Gasteiger partial charge < -0.3 is 227 Å². The van der Waals surface area contributed by atoms with Gasteiger partial charge >= 0.3 is 5.97 Å². The summed E-state index contributed by atoms with van der Waals surface area (Å²) in [7, 11) is 0. The van der Waals surface area contributed by atoms with Gasteiger partial charge in [-0.1, -0.05) is 0 Å². The fourth-order valence-corrected chi connectivity index (χ4v) is 13.3. The van der Waals surface area contributed by atoms with Gasteiger partial charge in [0.25, 0.3) is 0 Å². The third kappa shape index (κ3) is 17.0. The predicted molar refractivity (Wildman–Crippen MR) is 303 cm³/mol. The number of carbonyl (C=O) groups is 1. The summed E-state index contributed by atoms with van der Waals surface area (Å²) in [6.07, 6.45) is -87.0. The minimum absolute atomic E-state index is 0.691. The molecule has 47 heteroatoms. The second-order valence-electron chi connectivity index (χ2n) is 26.1. The van der Waals surface area contributed by atoms with E-state index >= 15 is 0 Å². The third-order valence-corrected chi connectivity index (χ3v) is 19.3. The van der Waals surface area contributed by atoms with Crippen LogP contribution in [0.2, 0.25) is 0 Å². The molecule has 0 bridgehead atoms. The Labute approximate surface area is 579 Å². The molecule has 0 radical (unpaired) electrons. The number of carboxylic acids is 1. The number of hydrogen-bond donors (Lipinski definition) is 25. The van der Waals surface area contributed by atoms with Crippen LogP contribution in [-0.2, 0) is 104 Å². The molecule has 47 nitrogen and oxygen atoms in total. The highest BCUT2D eigenvalue weighted by molar-refractivity contribution is 5.73. The van der Waals surface area contributed by atoms with Gasteiger partial charge in [0.15, 0.2) is 75.3 Å². The molecule has 11 fully saturated rings. The number of aliphatic hydroxyl groups is 24. The molecule has 11 aliphatic heterocycles. The molecule has 25 N–H and O–H groups in total. The highest BCUT2D eigenvalue weighted by Crippen LogP contribution is 2.41. The van der Waals surface area contributed by atoms with E-state index in [2.05, 4.69) is 0 Å². The fourth-order valence-electron chi connectivity index (χ4n) is 13.3. The molecule has 0 amide bonds. The van der Waals surface area contributed by atoms with Gasteiger partial charge in [0.1, 0.15) is 201 Å². The number of ether oxygens (including phenoxy) is 21. The summed E-state index contributed by atoms with van der Waals surface area (Å²) in [4.78, 5) is 11.8. The lowest BCUT2D eigenvalue weighted by Crippen LogP contribution is -2.65. The second-order valence-corrected chi connectivity index (χ2v) is 26.1. The zero-order valence-electron chi connectivity index (χ0n) is 53.7. The zero-order chi connectivity index (χ0) is 74.5. The van der Waals surface area contributed by atoms with E-state index in [9.17, 15) is 132 Å². The van der Waals surface area contributed by atoms with Gasteiger partial charge in [-0.15, -0.1) is 0 Å². The molecule has 0 aromatic heterocycles. The Kier molecular flexibility index (Phi) is 27.7. The minimum Gasteiger partial charge on any atom is -0.479 e. The SMILES string of the molecule is O=C(O)[C@H]1O[C@H](O[C@H]2[C@H](O[C@@H]3CO[C@@H](O[C@@H]4CO[C@@H](O[C@@H]5CO[C@@H](O[C@@H]6CO[C@@H](O)[C@H](O)[C@H]6O[C@H]6O[C@H](CO)[C@@H](O)[C@@H]6O)[C@H](O[C@H]6O[C@H](CO)[C@@H](O)[C@@H]6O)[C@H]5O[C@H]5O[C@H](CO)[C@@H](O)[C@@H]5O)[C@H](O)[C@H]4O[C@H]4O[C@H](CO)[C@@H](O)[C@@H]4O[C@H]4O[C@H](CO)[C@@H](O)[C@@H]4O)[C@H](O)[C@H]3O)OC[C@@H](O)[C@@H]2O)[C@H](O)[C@@H](O)[C@@H]1O. The molecule has 11 rings (SSSR count). The van der Waals surface area contributed by atoms with Crippen LogP contribution in [0.3, 0.4) is 0 Å². The van der Waals surface area contributed by atoms with Crippen molar-refractivity contribution in [2.24, 2.45) is 0 Å². The van der Waals surface area contributed by atoms with E-state index in [4.69, 9.17) is 99.5 Å². The maximum absolute atomic E-state index is 12.7. The van der Waals surface area contributed by atoms with Crippen LogP contribution in [0.4, 0.5) is 0 Å². The molecule has 45 atom stereocenters. The van der Waals surface area contributed by atoms with Gasteiger partial charge in [0, 0.05) is 0 Å². The van der Waals surface area contributed by atoms with Gasteiger partial charge in [-0.25, -0.2) is 4.79 Å². The quantitative estimate of drug-likeness (QED) is 0.0382. The van der Waals surface area contributed by atoms with Gasteiger partial charge in [-0.05, 0) is 0 Å². The van der Waals surface area contributed by atoms with E-state index in [0.29, 0.717) is 0 Å². The highest BCUT2D eigenvalue weighted by atomic mass is 16.8. The molecule has 103 heavy (non-hydrogen) atoms. The first-order valence-corrected chi connectivity index (χ1v) is 32.8. The summed E-state index contributed by atoms with van der Waals surface area (Å²) in [5.41, 5.74) is 0. The average Bonchev–Trinajstić information content (AvgIpc) is 1.66. The molecule has 0 spiro atoms. The molecule has 0 saturated carbocycles. The van der Waals surface area contributed by atoms with Gasteiger partial charge in [-0.2, -0.15) is 0 Å². The molecule has 0 aromatic rings. The fraction of sp³-hybridized carbons (Fsp3) is 0.982. The van der Waals surface area contributed by atoms with E-state index in [1.807, 2.05) is 0 Å². The smallest absolute Gasteiger partial charge is 0.335 e. The Morgan fingerprint density at radius 1 is 0.252 bits per heavy atom. The minimum atomic E-state index is -2.35. The number of hydrogen-bond acceptors (Lipinski definition) is 46. The van der Waals surface area contributed by atoms with Crippen molar-refractivity contribution in [2.45, 2.75) is 277 Å². The monoisotopic (exact) mass is 1510 g/mol. The Hall–Kier alpha value is -2.33. The van der Waals surface area contributed by atoms with E-state index in [-0.39, 0.29) is 0 Å². The Morgan fingerprint density at radius 3 is 1.06 bits per heavy atom. The Balaban J connectivity index is 0.876. The number of aliphatic carboxylic acids is 1. The Morgan fingerprint density at radius 2 is 0.573 bits per heavy atom. The lowest BCUT2D eigenvalue weighted by atomic mass is 9.98. The lowest BCUT2D eigenvalue weighted by molar-refractivity contribution is -0.392. The van der Waals surface area contributed by atoms with Gasteiger partial charge in [0.2, 0.25) is 0 Å². The van der Waals surface area contributed by atoms with Crippen molar-refractivity contribution in [3.05, 3.63) is 0 Å². The maximum atomic E-state index is 12.7. The first-order valence-electron chi connectivity index (χ1n) is 32.8. The molecule has 0 aromatic carbocycles. The van der Waals surface area contributed by atoms with Crippen molar-refractivity contribution in [3.63, 3.8) is 0 Å². The molecular weight excluding hydrogens is 1420 g/mol. The van der Waals surface area contributed by atoms with Crippen molar-refractivity contribution in [3.8, 4) is 0 Å². The summed E-state index contributed by atoms with van der Waals surface area (Å²) >= 11 is 0. The van der Waals surface area contributed by atoms with Crippen molar-refractivity contribution in [1.82, 2.24) is 0 Å². The molecule has 11 heterocycles. The van der Waals surface area contributed by atoms with Crippen LogP contribution < -0.4 is 0 Å². The van der Waals surface area contributed by atoms with Crippen LogP contribution in [0.15, 0.2) is 0 Å². The van der Waals surface area contributed by atoms with E-state index < -0.39 is 349 Å². The molecule has 0 unspecified atom stereocenters. The topological polar surface area (TPSA) is 717 Å². The zero-order valence-corrected chi connectivity index (χ0v) is 53.7. The third-order valence-electron chi connectivity index (χ3n) is 19.3. The largest absolute Gasteiger partial charge is 0.479 e. The number of carboxylic acid groups (broad SMARTS) is 1. The normalized spacial score (nSPS) is 53.6. The first kappa shape index (κ1) is 81.7. The van der Waals surface area contributed by atoms with Crippen LogP contribution in [0.1, 0.15) is 0 Å². The lowest BCUT2D eigenvalue weighted by Gasteiger charge is -2.48. The van der Waals surface area contributed by atoms with Crippen molar-refractivity contribution >= 4 is 5.97 Å². The van der Waals surface area contributed by atoms with Crippen LogP contribution in [0, 0.1) is 0 Å². The van der Waals surface area contributed by atoms with E-state index in [1.54, 1.807) is 0 Å². The molecule has 11 aliphatic rings. The van der Waals surface area contributed by atoms with Gasteiger partial charge in [0.05, 0.1) is 66.1 Å². The summed E-state index contributed by atoms with van der Waals surface area (Å²) in [5.74, 6) is -1.81. The summed E-state index contributed by atoms with van der Waals surface area (Å²) in [5, 5.41) is 269. The van der Waals surface area contributed by atoms with Crippen LogP contribution in [-0.4, -0.2) is 476 Å². The molecule has 0 aliphatic carbocycles. The van der Waals surface area contributed by atoms with Crippen molar-refractivity contribution in [1.29, 1.82) is 0 Å². The number of aliphatic hydroxyl groups excluding tert-OH is 24. The van der Waals surface area contributed by atoms with Crippen LogP contribution in [0.25, 0.3) is 0 Å².